The Morgan fingerprint density at radius 2 is 1.83 bits per heavy atom. The number of quaternary nitrogens is 2. The zero-order valence-corrected chi connectivity index (χ0v) is 18.8. The molecule has 3 heterocycles. The third kappa shape index (κ3) is 5.17. The van der Waals surface area contributed by atoms with Crippen molar-refractivity contribution < 1.29 is 19.0 Å². The summed E-state index contributed by atoms with van der Waals surface area (Å²) in [6.45, 7) is 12.0. The van der Waals surface area contributed by atoms with Crippen LogP contribution in [0.3, 0.4) is 0 Å². The third-order valence-electron chi connectivity index (χ3n) is 6.28. The van der Waals surface area contributed by atoms with Gasteiger partial charge < -0.3 is 19.1 Å². The van der Waals surface area contributed by atoms with Crippen molar-refractivity contribution in [3.63, 3.8) is 0 Å². The Kier molecular flexibility index (Phi) is 6.65. The van der Waals surface area contributed by atoms with Gasteiger partial charge in [-0.15, -0.1) is 5.10 Å². The van der Waals surface area contributed by atoms with E-state index in [0.717, 1.165) is 52.4 Å². The highest BCUT2D eigenvalue weighted by atomic mass is 32.1. The molecule has 2 fully saturated rings. The highest BCUT2D eigenvalue weighted by Crippen LogP contribution is 2.14. The summed E-state index contributed by atoms with van der Waals surface area (Å²) in [6, 6.07) is 9.09. The Hall–Kier alpha value is -2.03. The Balaban J connectivity index is 1.26. The molecule has 0 bridgehead atoms. The zero-order chi connectivity index (χ0) is 21.1. The number of amides is 1. The molecule has 0 aliphatic carbocycles. The standard InChI is InChI=1S/C22H31N5O2S/c1-17(2)19-7-5-18(6-8-19)14-24-10-12-25(13-11-24)16-27-22(30)29-20(23-27)15-26-9-3-4-21(26)28/h5-8,17H,3-4,9-16H2,1-2H3/p+2. The van der Waals surface area contributed by atoms with Crippen LogP contribution in [0.1, 0.15) is 49.6 Å². The predicted octanol–water partition coefficient (Wildman–Crippen LogP) is 0.392. The van der Waals surface area contributed by atoms with Gasteiger partial charge >= 0.3 is 0 Å². The van der Waals surface area contributed by atoms with E-state index in [4.69, 9.17) is 16.6 Å². The Morgan fingerprint density at radius 1 is 1.13 bits per heavy atom. The second-order valence-electron chi connectivity index (χ2n) is 8.91. The topological polar surface area (TPSA) is 60.2 Å². The molecule has 2 N–H and O–H groups in total. The van der Waals surface area contributed by atoms with Crippen molar-refractivity contribution in [1.29, 1.82) is 0 Å². The minimum Gasteiger partial charge on any atom is -0.412 e. The average molecular weight is 432 g/mol. The van der Waals surface area contributed by atoms with E-state index < -0.39 is 0 Å². The molecule has 1 amide bonds. The Morgan fingerprint density at radius 3 is 2.47 bits per heavy atom. The molecule has 1 aromatic carbocycles. The maximum Gasteiger partial charge on any atom is 0.291 e. The first kappa shape index (κ1) is 21.2. The van der Waals surface area contributed by atoms with Gasteiger partial charge in [-0.1, -0.05) is 38.1 Å². The van der Waals surface area contributed by atoms with Crippen LogP contribution in [-0.2, 0) is 24.6 Å². The fraction of sp³-hybridized carbons (Fsp3) is 0.591. The molecule has 1 aromatic heterocycles. The second kappa shape index (κ2) is 9.41. The van der Waals surface area contributed by atoms with Crippen molar-refractivity contribution in [1.82, 2.24) is 14.7 Å². The first-order chi connectivity index (χ1) is 14.5. The second-order valence-corrected chi connectivity index (χ2v) is 9.26. The molecule has 2 aromatic rings. The number of nitrogens with one attached hydrogen (secondary N) is 2. The van der Waals surface area contributed by atoms with Gasteiger partial charge in [0.25, 0.3) is 4.84 Å². The highest BCUT2D eigenvalue weighted by Gasteiger charge is 2.25. The molecule has 0 atom stereocenters. The average Bonchev–Trinajstić information content (AvgIpc) is 3.29. The number of aromatic nitrogens is 2. The molecule has 4 rings (SSSR count). The molecule has 2 saturated heterocycles. The molecule has 162 valence electrons. The minimum atomic E-state index is 0.175. The van der Waals surface area contributed by atoms with E-state index in [1.807, 2.05) is 0 Å². The lowest BCUT2D eigenvalue weighted by atomic mass is 10.0. The molecule has 8 heteroatoms. The van der Waals surface area contributed by atoms with Gasteiger partial charge in [-0.2, -0.15) is 4.68 Å². The summed E-state index contributed by atoms with van der Waals surface area (Å²) in [4.78, 5) is 17.1. The van der Waals surface area contributed by atoms with Gasteiger partial charge in [0.05, 0.1) is 6.54 Å². The van der Waals surface area contributed by atoms with Gasteiger partial charge in [-0.05, 0) is 30.1 Å². The van der Waals surface area contributed by atoms with Crippen LogP contribution in [0.5, 0.6) is 0 Å². The maximum atomic E-state index is 11.8. The molecule has 0 saturated carbocycles. The first-order valence-electron chi connectivity index (χ1n) is 11.1. The van der Waals surface area contributed by atoms with E-state index in [9.17, 15) is 4.79 Å². The van der Waals surface area contributed by atoms with Crippen molar-refractivity contribution in [3.05, 3.63) is 46.1 Å². The quantitative estimate of drug-likeness (QED) is 0.623. The summed E-state index contributed by atoms with van der Waals surface area (Å²) in [5.41, 5.74) is 2.82. The minimum absolute atomic E-state index is 0.175. The van der Waals surface area contributed by atoms with Crippen LogP contribution in [0.15, 0.2) is 28.7 Å². The maximum absolute atomic E-state index is 11.8. The number of hydrogen-bond donors (Lipinski definition) is 2. The molecule has 7 nitrogen and oxygen atoms in total. The molecule has 30 heavy (non-hydrogen) atoms. The van der Waals surface area contributed by atoms with Crippen molar-refractivity contribution >= 4 is 18.1 Å². The van der Waals surface area contributed by atoms with Crippen molar-refractivity contribution in [2.75, 3.05) is 32.7 Å². The Labute approximate surface area is 183 Å². The summed E-state index contributed by atoms with van der Waals surface area (Å²) in [6.07, 6.45) is 1.54. The smallest absolute Gasteiger partial charge is 0.291 e. The van der Waals surface area contributed by atoms with Gasteiger partial charge in [-0.25, -0.2) is 0 Å². The lowest BCUT2D eigenvalue weighted by molar-refractivity contribution is -1.03. The van der Waals surface area contributed by atoms with Crippen LogP contribution < -0.4 is 9.80 Å². The van der Waals surface area contributed by atoms with Crippen molar-refractivity contribution in [2.24, 2.45) is 0 Å². The largest absolute Gasteiger partial charge is 0.412 e. The van der Waals surface area contributed by atoms with E-state index in [1.54, 1.807) is 14.5 Å². The number of hydrogen-bond acceptors (Lipinski definition) is 4. The number of piperazine rings is 1. The monoisotopic (exact) mass is 431 g/mol. The number of likely N-dealkylation sites (tertiary alicyclic amines) is 1. The summed E-state index contributed by atoms with van der Waals surface area (Å²) in [5.74, 6) is 1.30. The van der Waals surface area contributed by atoms with Gasteiger partial charge in [-0.3, -0.25) is 4.79 Å². The molecule has 2 aliphatic heterocycles. The summed E-state index contributed by atoms with van der Waals surface area (Å²) in [5, 5.41) is 4.54. The fourth-order valence-electron chi connectivity index (χ4n) is 4.36. The summed E-state index contributed by atoms with van der Waals surface area (Å²) < 4.78 is 7.44. The molecule has 0 spiro atoms. The lowest BCUT2D eigenvalue weighted by Gasteiger charge is -2.29. The third-order valence-corrected chi connectivity index (χ3v) is 6.58. The van der Waals surface area contributed by atoms with E-state index in [-0.39, 0.29) is 5.91 Å². The zero-order valence-electron chi connectivity index (χ0n) is 18.0. The van der Waals surface area contributed by atoms with Gasteiger partial charge in [0, 0.05) is 18.5 Å². The molecule has 0 unspecified atom stereocenters. The van der Waals surface area contributed by atoms with E-state index >= 15 is 0 Å². The molecular formula is C22H33N5O2S+2. The van der Waals surface area contributed by atoms with Crippen LogP contribution in [-0.4, -0.2) is 53.3 Å². The number of nitrogens with zero attached hydrogens (tertiary/aromatic N) is 3. The number of carbonyl (C=O) groups is 1. The summed E-state index contributed by atoms with van der Waals surface area (Å²) >= 11 is 5.36. The van der Waals surface area contributed by atoms with Gasteiger partial charge in [0.1, 0.15) is 32.7 Å². The predicted molar refractivity (Wildman–Crippen MR) is 116 cm³/mol. The van der Waals surface area contributed by atoms with Crippen LogP contribution >= 0.6 is 12.2 Å². The van der Waals surface area contributed by atoms with Gasteiger partial charge in [0.15, 0.2) is 6.67 Å². The van der Waals surface area contributed by atoms with E-state index in [1.165, 1.54) is 16.0 Å². The normalized spacial score (nSPS) is 22.2. The van der Waals surface area contributed by atoms with E-state index in [0.29, 0.717) is 29.6 Å². The van der Waals surface area contributed by atoms with Crippen molar-refractivity contribution in [3.8, 4) is 0 Å². The Bertz CT molecular complexity index is 912. The van der Waals surface area contributed by atoms with Crippen LogP contribution in [0.25, 0.3) is 0 Å². The summed E-state index contributed by atoms with van der Waals surface area (Å²) in [7, 11) is 0. The number of benzene rings is 1. The fourth-order valence-corrected chi connectivity index (χ4v) is 4.56. The van der Waals surface area contributed by atoms with Crippen molar-refractivity contribution in [2.45, 2.75) is 52.4 Å². The van der Waals surface area contributed by atoms with Gasteiger partial charge in [0.2, 0.25) is 11.8 Å². The SMILES string of the molecule is CC(C)c1ccc(C[NH+]2CC[NH+](Cn3nc(CN4CCCC4=O)oc3=S)CC2)cc1. The highest BCUT2D eigenvalue weighted by molar-refractivity contribution is 7.71. The number of rotatable bonds is 7. The number of carbonyl (C=O) groups excluding carboxylic acids is 1. The van der Waals surface area contributed by atoms with Crippen LogP contribution in [0.2, 0.25) is 0 Å². The van der Waals surface area contributed by atoms with Crippen LogP contribution in [0.4, 0.5) is 0 Å². The molecule has 2 aliphatic rings. The van der Waals surface area contributed by atoms with E-state index in [2.05, 4.69) is 43.2 Å². The lowest BCUT2D eigenvalue weighted by Crippen LogP contribution is -3.27. The van der Waals surface area contributed by atoms with Crippen LogP contribution in [0, 0.1) is 4.84 Å². The molecular weight excluding hydrogens is 398 g/mol. The molecule has 0 radical (unpaired) electrons. The first-order valence-corrected chi connectivity index (χ1v) is 11.5.